The zero-order valence-electron chi connectivity index (χ0n) is 18.2. The molecule has 0 saturated heterocycles. The van der Waals surface area contributed by atoms with E-state index in [0.29, 0.717) is 11.5 Å². The molecular weight excluding hydrogens is 460 g/mol. The minimum atomic E-state index is -0.637. The summed E-state index contributed by atoms with van der Waals surface area (Å²) in [5.74, 6) is -1.06. The van der Waals surface area contributed by atoms with E-state index < -0.39 is 11.7 Å². The average molecular weight is 482 g/mol. The summed E-state index contributed by atoms with van der Waals surface area (Å²) in [4.78, 5) is 17.4. The molecule has 1 amide bonds. The second kappa shape index (κ2) is 9.43. The van der Waals surface area contributed by atoms with Crippen molar-refractivity contribution in [3.05, 3.63) is 83.3 Å². The Morgan fingerprint density at radius 1 is 1.03 bits per heavy atom. The molecule has 34 heavy (non-hydrogen) atoms. The number of amides is 1. The highest BCUT2D eigenvalue weighted by Crippen LogP contribution is 2.38. The Morgan fingerprint density at radius 3 is 2.53 bits per heavy atom. The van der Waals surface area contributed by atoms with Crippen LogP contribution in [0.15, 0.2) is 65.3 Å². The fourth-order valence-electron chi connectivity index (χ4n) is 4.42. The van der Waals surface area contributed by atoms with Gasteiger partial charge in [-0.25, -0.2) is 13.8 Å². The molecule has 0 aliphatic heterocycles. The van der Waals surface area contributed by atoms with Crippen molar-refractivity contribution in [2.45, 2.75) is 38.1 Å². The molecule has 0 bridgehead atoms. The van der Waals surface area contributed by atoms with Crippen LogP contribution in [0.2, 0.25) is 5.02 Å². The molecule has 1 N–H and O–H groups in total. The van der Waals surface area contributed by atoms with Gasteiger partial charge in [0, 0.05) is 16.6 Å². The highest BCUT2D eigenvalue weighted by atomic mass is 35.5. The molecule has 0 radical (unpaired) electrons. The molecular formula is C26H22ClF2N3O2. The van der Waals surface area contributed by atoms with Crippen LogP contribution in [0.4, 0.5) is 14.5 Å². The van der Waals surface area contributed by atoms with E-state index in [1.54, 1.807) is 30.6 Å². The third-order valence-electron chi connectivity index (χ3n) is 6.12. The van der Waals surface area contributed by atoms with Crippen molar-refractivity contribution in [2.75, 3.05) is 5.32 Å². The molecule has 1 fully saturated rings. The van der Waals surface area contributed by atoms with Crippen LogP contribution in [-0.4, -0.2) is 15.5 Å². The zero-order chi connectivity index (χ0) is 23.7. The zero-order valence-corrected chi connectivity index (χ0v) is 19.0. The summed E-state index contributed by atoms with van der Waals surface area (Å²) < 4.78 is 35.7. The molecule has 1 aliphatic carbocycles. The molecule has 1 aliphatic rings. The largest absolute Gasteiger partial charge is 0.449 e. The Hall–Kier alpha value is -3.45. The fraction of sp³-hybridized carbons (Fsp3) is 0.231. The van der Waals surface area contributed by atoms with Gasteiger partial charge in [-0.05, 0) is 67.4 Å². The molecule has 2 heterocycles. The van der Waals surface area contributed by atoms with Crippen LogP contribution in [0.1, 0.15) is 48.7 Å². The van der Waals surface area contributed by atoms with Gasteiger partial charge in [-0.3, -0.25) is 4.79 Å². The molecule has 0 spiro atoms. The van der Waals surface area contributed by atoms with Crippen LogP contribution < -0.4 is 5.32 Å². The van der Waals surface area contributed by atoms with Crippen molar-refractivity contribution < 1.29 is 18.0 Å². The molecule has 0 unspecified atom stereocenters. The lowest BCUT2D eigenvalue weighted by Crippen LogP contribution is -2.13. The number of rotatable bonds is 5. The number of nitrogens with zero attached hydrogens (tertiary/aromatic N) is 2. The Kier molecular flexibility index (Phi) is 6.20. The lowest BCUT2D eigenvalue weighted by Gasteiger charge is -2.24. The number of nitrogens with one attached hydrogen (secondary N) is 1. The monoisotopic (exact) mass is 481 g/mol. The van der Waals surface area contributed by atoms with E-state index in [1.807, 2.05) is 0 Å². The van der Waals surface area contributed by atoms with Crippen LogP contribution in [0.5, 0.6) is 0 Å². The number of carbonyl (C=O) groups is 1. The van der Waals surface area contributed by atoms with E-state index in [9.17, 15) is 13.6 Å². The Balaban J connectivity index is 1.50. The van der Waals surface area contributed by atoms with Gasteiger partial charge in [0.25, 0.3) is 5.91 Å². The summed E-state index contributed by atoms with van der Waals surface area (Å²) in [6.45, 7) is 0. The first kappa shape index (κ1) is 22.3. The Labute approximate surface area is 200 Å². The first-order valence-electron chi connectivity index (χ1n) is 11.2. The number of halogens is 3. The van der Waals surface area contributed by atoms with Gasteiger partial charge in [-0.2, -0.15) is 0 Å². The van der Waals surface area contributed by atoms with Crippen LogP contribution in [0, 0.1) is 11.6 Å². The lowest BCUT2D eigenvalue weighted by atomic mass is 9.95. The van der Waals surface area contributed by atoms with Gasteiger partial charge in [0.05, 0.1) is 17.7 Å². The quantitative estimate of drug-likeness (QED) is 0.321. The smallest absolute Gasteiger partial charge is 0.291 e. The number of aromatic nitrogens is 2. The summed E-state index contributed by atoms with van der Waals surface area (Å²) in [6, 6.07) is 13.6. The maximum atomic E-state index is 14.1. The molecule has 8 heteroatoms. The lowest BCUT2D eigenvalue weighted by molar-refractivity contribution is 0.0997. The van der Waals surface area contributed by atoms with E-state index in [2.05, 4.69) is 14.9 Å². The molecule has 0 atom stereocenters. The van der Waals surface area contributed by atoms with E-state index in [1.165, 1.54) is 30.7 Å². The molecule has 5 rings (SSSR count). The minimum Gasteiger partial charge on any atom is -0.449 e. The van der Waals surface area contributed by atoms with Crippen molar-refractivity contribution in [2.24, 2.45) is 0 Å². The normalized spacial score (nSPS) is 14.3. The highest BCUT2D eigenvalue weighted by molar-refractivity contribution is 6.30. The van der Waals surface area contributed by atoms with Gasteiger partial charge in [0.1, 0.15) is 17.3 Å². The second-order valence-corrected chi connectivity index (χ2v) is 8.83. The predicted molar refractivity (Wildman–Crippen MR) is 127 cm³/mol. The number of hydrogen-bond donors (Lipinski definition) is 1. The van der Waals surface area contributed by atoms with Crippen molar-refractivity contribution >= 4 is 23.2 Å². The van der Waals surface area contributed by atoms with Crippen LogP contribution in [0.25, 0.3) is 22.7 Å². The standard InChI is InChI=1S/C26H22ClF2N3O2/c27-17-8-11-21(20(29)14-17)31-26(33)23-13-12-22(34-23)25-24(16-6-9-18(28)10-7-16)30-15-32(25)19-4-2-1-3-5-19/h6-15,19H,1-5H2,(H,31,33). The topological polar surface area (TPSA) is 60.1 Å². The van der Waals surface area contributed by atoms with Gasteiger partial charge in [-0.15, -0.1) is 0 Å². The maximum Gasteiger partial charge on any atom is 0.291 e. The average Bonchev–Trinajstić information content (AvgIpc) is 3.49. The number of carbonyl (C=O) groups excluding carboxylic acids is 1. The molecule has 174 valence electrons. The fourth-order valence-corrected chi connectivity index (χ4v) is 4.58. The summed E-state index contributed by atoms with van der Waals surface area (Å²) in [7, 11) is 0. The summed E-state index contributed by atoms with van der Waals surface area (Å²) in [6.07, 6.45) is 7.30. The first-order valence-corrected chi connectivity index (χ1v) is 11.6. The molecule has 1 saturated carbocycles. The van der Waals surface area contributed by atoms with Gasteiger partial charge in [0.2, 0.25) is 0 Å². The van der Waals surface area contributed by atoms with E-state index in [-0.39, 0.29) is 28.3 Å². The molecule has 5 nitrogen and oxygen atoms in total. The Bertz CT molecular complexity index is 1320. The number of imidazole rings is 1. The SMILES string of the molecule is O=C(Nc1ccc(Cl)cc1F)c1ccc(-c2c(-c3ccc(F)cc3)ncn2C2CCCCC2)o1. The number of benzene rings is 2. The van der Waals surface area contributed by atoms with Crippen LogP contribution in [0.3, 0.4) is 0 Å². The number of furan rings is 1. The third kappa shape index (κ3) is 4.48. The van der Waals surface area contributed by atoms with Gasteiger partial charge >= 0.3 is 0 Å². The molecule has 2 aromatic carbocycles. The summed E-state index contributed by atoms with van der Waals surface area (Å²) in [5.41, 5.74) is 2.13. The summed E-state index contributed by atoms with van der Waals surface area (Å²) in [5, 5.41) is 2.75. The predicted octanol–water partition coefficient (Wildman–Crippen LogP) is 7.50. The number of hydrogen-bond acceptors (Lipinski definition) is 3. The van der Waals surface area contributed by atoms with Crippen molar-refractivity contribution in [1.29, 1.82) is 0 Å². The maximum absolute atomic E-state index is 14.1. The molecule has 4 aromatic rings. The second-order valence-electron chi connectivity index (χ2n) is 8.39. The van der Waals surface area contributed by atoms with Gasteiger partial charge in [0.15, 0.2) is 11.5 Å². The minimum absolute atomic E-state index is 0.00611. The summed E-state index contributed by atoms with van der Waals surface area (Å²) >= 11 is 5.78. The van der Waals surface area contributed by atoms with Gasteiger partial charge in [-0.1, -0.05) is 30.9 Å². The van der Waals surface area contributed by atoms with Gasteiger partial charge < -0.3 is 14.3 Å². The van der Waals surface area contributed by atoms with Crippen LogP contribution in [-0.2, 0) is 0 Å². The number of anilines is 1. The van der Waals surface area contributed by atoms with Crippen molar-refractivity contribution in [1.82, 2.24) is 9.55 Å². The Morgan fingerprint density at radius 2 is 1.79 bits per heavy atom. The molecule has 2 aromatic heterocycles. The first-order chi connectivity index (χ1) is 16.5. The van der Waals surface area contributed by atoms with Crippen molar-refractivity contribution in [3.63, 3.8) is 0 Å². The third-order valence-corrected chi connectivity index (χ3v) is 6.36. The van der Waals surface area contributed by atoms with Crippen LogP contribution >= 0.6 is 11.6 Å². The van der Waals surface area contributed by atoms with E-state index >= 15 is 0 Å². The van der Waals surface area contributed by atoms with E-state index in [4.69, 9.17) is 16.0 Å². The van der Waals surface area contributed by atoms with Crippen molar-refractivity contribution in [3.8, 4) is 22.7 Å². The highest BCUT2D eigenvalue weighted by Gasteiger charge is 2.25. The van der Waals surface area contributed by atoms with E-state index in [0.717, 1.165) is 43.0 Å².